The lowest BCUT2D eigenvalue weighted by Gasteiger charge is -2.57. The van der Waals surface area contributed by atoms with Crippen LogP contribution in [0.5, 0.6) is 46.0 Å². The molecule has 4 aromatic rings. The third-order valence-corrected chi connectivity index (χ3v) is 22.8. The number of aromatic hydroxyl groups is 4. The summed E-state index contributed by atoms with van der Waals surface area (Å²) in [5.74, 6) is 1.17. The molecule has 8 heterocycles. The van der Waals surface area contributed by atoms with Gasteiger partial charge in [-0.3, -0.25) is 19.2 Å². The average molecular weight is 1140 g/mol. The van der Waals surface area contributed by atoms with Crippen LogP contribution in [0.15, 0.2) is 97.1 Å². The van der Waals surface area contributed by atoms with Crippen molar-refractivity contribution in [2.45, 2.75) is 144 Å². The molecular weight excluding hydrogens is 1080 g/mol. The molecule has 0 saturated carbocycles. The molecule has 0 amide bonds. The number of hydrogen-bond acceptors (Lipinski definition) is 20. The fourth-order valence-corrected chi connectivity index (χ4v) is 19.3. The van der Waals surface area contributed by atoms with Crippen LogP contribution in [0.2, 0.25) is 0 Å². The normalized spacial score (nSPS) is 41.7. The number of phenolic OH excluding ortho intramolecular Hbond substituents is 4. The van der Waals surface area contributed by atoms with Crippen LogP contribution in [0.4, 0.5) is 0 Å². The van der Waals surface area contributed by atoms with Gasteiger partial charge < -0.3 is 81.1 Å². The van der Waals surface area contributed by atoms with Gasteiger partial charge in [0.1, 0.15) is 22.4 Å². The summed E-state index contributed by atoms with van der Waals surface area (Å²) in [5, 5.41) is 99.4. The number of hydrogen-bond donors (Lipinski definition) is 12. The Labute approximate surface area is 479 Å². The number of carbonyl (C=O) groups is 4. The molecule has 0 unspecified atom stereocenters. The lowest BCUT2D eigenvalue weighted by atomic mass is 9.51. The first-order valence-electron chi connectivity index (χ1n) is 29.1. The van der Waals surface area contributed by atoms with Gasteiger partial charge in [0, 0.05) is 46.4 Å². The van der Waals surface area contributed by atoms with Crippen LogP contribution in [0, 0.1) is 0 Å². The predicted octanol–water partition coefficient (Wildman–Crippen LogP) is 0.716. The van der Waals surface area contributed by atoms with Gasteiger partial charge in [0.15, 0.2) is 93.5 Å². The van der Waals surface area contributed by atoms with Gasteiger partial charge in [0.25, 0.3) is 0 Å². The van der Waals surface area contributed by atoms with Crippen molar-refractivity contribution in [2.75, 3.05) is 26.2 Å². The zero-order valence-electron chi connectivity index (χ0n) is 45.2. The third kappa shape index (κ3) is 5.60. The Morgan fingerprint density at radius 3 is 0.774 bits per heavy atom. The van der Waals surface area contributed by atoms with Crippen LogP contribution in [0.25, 0.3) is 0 Å². The van der Waals surface area contributed by atoms with Crippen molar-refractivity contribution in [3.8, 4) is 46.0 Å². The summed E-state index contributed by atoms with van der Waals surface area (Å²) in [7, 11) is 0. The molecule has 0 radical (unpaired) electrons. The Balaban J connectivity index is 0.0000000882. The Hall–Kier alpha value is -7.40. The fourth-order valence-electron chi connectivity index (χ4n) is 19.3. The van der Waals surface area contributed by atoms with Crippen LogP contribution >= 0.6 is 0 Å². The largest absolute Gasteiger partial charge is 0.504 e. The number of piperidine rings is 4. The summed E-state index contributed by atoms with van der Waals surface area (Å²) in [5.41, 5.74) is -0.0835. The molecule has 20 heteroatoms. The molecule has 20 nitrogen and oxygen atoms in total. The van der Waals surface area contributed by atoms with Gasteiger partial charge in [-0.1, -0.05) is 24.3 Å². The Morgan fingerprint density at radius 1 is 0.345 bits per heavy atom. The summed E-state index contributed by atoms with van der Waals surface area (Å²) in [6, 6.07) is 13.4. The summed E-state index contributed by atoms with van der Waals surface area (Å²) in [6.07, 6.45) is 14.4. The van der Waals surface area contributed by atoms with Gasteiger partial charge in [-0.2, -0.15) is 0 Å². The van der Waals surface area contributed by atoms with E-state index >= 15 is 0 Å². The van der Waals surface area contributed by atoms with Gasteiger partial charge >= 0.3 is 0 Å². The maximum absolute atomic E-state index is 12.3. The third-order valence-electron chi connectivity index (χ3n) is 22.8. The van der Waals surface area contributed by atoms with Gasteiger partial charge in [-0.05, 0) is 173 Å². The monoisotopic (exact) mass is 1140 g/mol. The summed E-state index contributed by atoms with van der Waals surface area (Å²) >= 11 is 0. The number of ketones is 4. The molecule has 16 aliphatic rings. The van der Waals surface area contributed by atoms with E-state index in [4.69, 9.17) is 18.9 Å². The Bertz CT molecular complexity index is 3400. The van der Waals surface area contributed by atoms with Gasteiger partial charge in [0.05, 0.1) is 21.7 Å². The highest BCUT2D eigenvalue weighted by Gasteiger charge is 2.75. The molecule has 4 spiro atoms. The average Bonchev–Trinajstić information content (AvgIpc) is 1.52. The second-order valence-electron chi connectivity index (χ2n) is 25.8. The first-order valence-corrected chi connectivity index (χ1v) is 29.1. The molecule has 4 saturated heterocycles. The number of carbonyl (C=O) groups excluding carboxylic acids is 4. The van der Waals surface area contributed by atoms with E-state index in [0.717, 1.165) is 70.7 Å². The number of benzene rings is 4. The summed E-state index contributed by atoms with van der Waals surface area (Å²) < 4.78 is 23.4. The SMILES string of the molecule is O=C1C=C[C@@]2(O)[C@H]3Cc4ccc(O)c5c4[C@@]2(CCN3)[C@H]1O5.O=C1C=C[C@@]2(O)[C@H]3Cc4ccc(O)c5c4[C@@]2(CCN3)[C@H]1O5.O=C1C=C[C@@]2(O)[C@H]3Cc4ccc(O)c5c4[C@@]2(CCN3)[C@H]1O5.O=C1C=C[C@@]2(O)[C@H]3Cc4ccc(O)c5c4[C@@]2(CCN3)[C@H]1O5. The van der Waals surface area contributed by atoms with Crippen LogP contribution in [0.3, 0.4) is 0 Å². The molecular formula is C64H60N4O16. The number of aliphatic hydroxyl groups is 4. The smallest absolute Gasteiger partial charge is 0.196 e. The maximum Gasteiger partial charge on any atom is 0.196 e. The minimum Gasteiger partial charge on any atom is -0.504 e. The zero-order chi connectivity index (χ0) is 57.6. The van der Waals surface area contributed by atoms with Crippen molar-refractivity contribution in [1.29, 1.82) is 0 Å². The molecule has 8 aliphatic carbocycles. The lowest BCUT2D eigenvalue weighted by molar-refractivity contribution is -0.139. The van der Waals surface area contributed by atoms with Crippen LogP contribution in [-0.2, 0) is 66.5 Å². The van der Waals surface area contributed by atoms with Crippen molar-refractivity contribution in [2.24, 2.45) is 0 Å². The summed E-state index contributed by atoms with van der Waals surface area (Å²) in [6.45, 7) is 2.90. The molecule has 4 aromatic carbocycles. The fraction of sp³-hybridized carbons (Fsp3) is 0.438. The second-order valence-corrected chi connectivity index (χ2v) is 25.8. The van der Waals surface area contributed by atoms with Crippen molar-refractivity contribution >= 4 is 23.1 Å². The Morgan fingerprint density at radius 2 is 0.560 bits per heavy atom. The standard InChI is InChI=1S/4C16H15NO4/c4*18-9-2-1-8-7-11-16(20)4-3-10(19)14-15(16,5-6-17-11)12(8)13(9)21-14/h4*1-4,11,14,17-18,20H,5-7H2/t4*11-,14+,15+,16-/m1111/s1. The van der Waals surface area contributed by atoms with E-state index in [9.17, 15) is 60.0 Å². The van der Waals surface area contributed by atoms with E-state index in [1.165, 1.54) is 24.3 Å². The number of nitrogens with one attached hydrogen (secondary N) is 4. The molecule has 16 atom stereocenters. The van der Waals surface area contributed by atoms with Gasteiger partial charge in [0.2, 0.25) is 0 Å². The molecule has 84 heavy (non-hydrogen) atoms. The quantitative estimate of drug-likeness (QED) is 0.115. The lowest BCUT2D eigenvalue weighted by Crippen LogP contribution is -2.74. The maximum atomic E-state index is 12.3. The molecule has 432 valence electrons. The first-order chi connectivity index (χ1) is 40.3. The molecule has 20 rings (SSSR count). The van der Waals surface area contributed by atoms with E-state index < -0.39 is 68.5 Å². The van der Waals surface area contributed by atoms with Gasteiger partial charge in [-0.15, -0.1) is 0 Å². The number of phenols is 4. The van der Waals surface area contributed by atoms with E-state index in [-0.39, 0.29) is 70.3 Å². The van der Waals surface area contributed by atoms with E-state index in [1.54, 1.807) is 48.6 Å². The minimum atomic E-state index is -1.14. The van der Waals surface area contributed by atoms with E-state index in [0.29, 0.717) is 74.4 Å². The van der Waals surface area contributed by atoms with E-state index in [1.807, 2.05) is 24.3 Å². The topological polar surface area (TPSA) is 315 Å². The molecule has 12 N–H and O–H groups in total. The van der Waals surface area contributed by atoms with Crippen molar-refractivity contribution in [1.82, 2.24) is 21.3 Å². The summed E-state index contributed by atoms with van der Waals surface area (Å²) in [4.78, 5) is 49.4. The highest BCUT2D eigenvalue weighted by molar-refractivity contribution is 6.01. The first kappa shape index (κ1) is 51.1. The van der Waals surface area contributed by atoms with E-state index in [2.05, 4.69) is 21.3 Å². The molecule has 8 bridgehead atoms. The van der Waals surface area contributed by atoms with Gasteiger partial charge in [-0.25, -0.2) is 0 Å². The van der Waals surface area contributed by atoms with Crippen molar-refractivity contribution in [3.63, 3.8) is 0 Å². The molecule has 0 aromatic heterocycles. The van der Waals surface area contributed by atoms with Crippen LogP contribution < -0.4 is 40.2 Å². The zero-order valence-corrected chi connectivity index (χ0v) is 45.2. The van der Waals surface area contributed by atoms with Crippen molar-refractivity contribution < 1.29 is 79.0 Å². The second kappa shape index (κ2) is 16.3. The van der Waals surface area contributed by atoms with Crippen LogP contribution in [-0.4, -0.2) is 161 Å². The Kier molecular flexibility index (Phi) is 9.91. The highest BCUT2D eigenvalue weighted by Crippen LogP contribution is 2.67. The predicted molar refractivity (Wildman–Crippen MR) is 294 cm³/mol. The molecule has 4 fully saturated rings. The minimum absolute atomic E-state index is 0.0460. The van der Waals surface area contributed by atoms with Crippen LogP contribution in [0.1, 0.15) is 70.2 Å². The molecule has 8 aliphatic heterocycles. The highest BCUT2D eigenvalue weighted by atomic mass is 16.5. The van der Waals surface area contributed by atoms with Crippen molar-refractivity contribution in [3.05, 3.63) is 142 Å². The number of ether oxygens (including phenoxy) is 4. The number of rotatable bonds is 0.